The highest BCUT2D eigenvalue weighted by Crippen LogP contribution is 2.26. The quantitative estimate of drug-likeness (QED) is 0.866. The van der Waals surface area contributed by atoms with Crippen LogP contribution in [0.1, 0.15) is 30.7 Å². The molecule has 1 aliphatic rings. The van der Waals surface area contributed by atoms with Gasteiger partial charge in [-0.25, -0.2) is 0 Å². The first-order chi connectivity index (χ1) is 10.6. The summed E-state index contributed by atoms with van der Waals surface area (Å²) < 4.78 is 0. The van der Waals surface area contributed by atoms with Crippen LogP contribution in [0.2, 0.25) is 0 Å². The van der Waals surface area contributed by atoms with E-state index in [9.17, 15) is 4.79 Å². The predicted molar refractivity (Wildman–Crippen MR) is 82.4 cm³/mol. The average molecular weight is 300 g/mol. The third kappa shape index (κ3) is 3.08. The molecule has 1 aliphatic heterocycles. The fraction of sp³-hybridized carbons (Fsp3) is 0.467. The number of carbonyl (C=O) groups excluding carboxylic acids is 1. The molecular formula is C15H20N6O. The summed E-state index contributed by atoms with van der Waals surface area (Å²) in [5, 5.41) is 17.3. The zero-order valence-corrected chi connectivity index (χ0v) is 12.8. The van der Waals surface area contributed by atoms with Crippen molar-refractivity contribution in [3.63, 3.8) is 0 Å². The van der Waals surface area contributed by atoms with Crippen LogP contribution in [0.25, 0.3) is 0 Å². The number of hydrogen-bond acceptors (Lipinski definition) is 5. The Morgan fingerprint density at radius 1 is 1.45 bits per heavy atom. The summed E-state index contributed by atoms with van der Waals surface area (Å²) in [4.78, 5) is 14.1. The molecule has 22 heavy (non-hydrogen) atoms. The smallest absolute Gasteiger partial charge is 0.224 e. The summed E-state index contributed by atoms with van der Waals surface area (Å²) in [7, 11) is 1.82. The number of rotatable bonds is 5. The largest absolute Gasteiger partial charge is 0.381 e. The molecule has 7 nitrogen and oxygen atoms in total. The van der Waals surface area contributed by atoms with Crippen LogP contribution in [0, 0.1) is 0 Å². The summed E-state index contributed by atoms with van der Waals surface area (Å²) in [6.45, 7) is 2.57. The molecule has 0 saturated carbocycles. The number of anilines is 1. The zero-order chi connectivity index (χ0) is 15.5. The number of para-hydroxylation sites is 1. The van der Waals surface area contributed by atoms with Gasteiger partial charge in [0.2, 0.25) is 5.91 Å². The van der Waals surface area contributed by atoms with Gasteiger partial charge < -0.3 is 10.2 Å². The minimum atomic E-state index is 0.0569. The molecule has 116 valence electrons. The molecule has 2 N–H and O–H groups in total. The lowest BCUT2D eigenvalue weighted by Crippen LogP contribution is -2.34. The monoisotopic (exact) mass is 300 g/mol. The first kappa shape index (κ1) is 14.5. The van der Waals surface area contributed by atoms with Crippen LogP contribution in [0.3, 0.4) is 0 Å². The number of hydrogen-bond donors (Lipinski definition) is 2. The first-order valence-electron chi connectivity index (χ1n) is 7.45. The summed E-state index contributed by atoms with van der Waals surface area (Å²) in [6.07, 6.45) is 1.39. The van der Waals surface area contributed by atoms with E-state index in [-0.39, 0.29) is 17.9 Å². The van der Waals surface area contributed by atoms with Gasteiger partial charge in [0.15, 0.2) is 5.82 Å². The van der Waals surface area contributed by atoms with E-state index in [1.54, 1.807) is 4.90 Å². The van der Waals surface area contributed by atoms with Crippen molar-refractivity contribution in [1.29, 1.82) is 0 Å². The van der Waals surface area contributed by atoms with Gasteiger partial charge in [-0.2, -0.15) is 5.21 Å². The van der Waals surface area contributed by atoms with Gasteiger partial charge in [0.1, 0.15) is 0 Å². The van der Waals surface area contributed by atoms with E-state index in [4.69, 9.17) is 0 Å². The second-order valence-corrected chi connectivity index (χ2v) is 5.85. The average Bonchev–Trinajstić information content (AvgIpc) is 3.15. The number of aromatic nitrogens is 4. The van der Waals surface area contributed by atoms with E-state index in [0.29, 0.717) is 18.8 Å². The van der Waals surface area contributed by atoms with Crippen molar-refractivity contribution in [3.8, 4) is 0 Å². The lowest BCUT2D eigenvalue weighted by atomic mass is 10.1. The lowest BCUT2D eigenvalue weighted by Gasteiger charge is -2.21. The number of tetrazole rings is 1. The topological polar surface area (TPSA) is 86.8 Å². The SMILES string of the molecule is CC(CN(C)C(=O)C[C@H]1Cc2ccccc2N1)c1nn[nH]n1. The molecule has 0 saturated heterocycles. The van der Waals surface area contributed by atoms with Gasteiger partial charge in [0.05, 0.1) is 0 Å². The number of benzene rings is 1. The molecule has 0 bridgehead atoms. The highest BCUT2D eigenvalue weighted by Gasteiger charge is 2.24. The molecule has 3 rings (SSSR count). The van der Waals surface area contributed by atoms with Crippen LogP contribution in [0.4, 0.5) is 5.69 Å². The number of amides is 1. The van der Waals surface area contributed by atoms with Crippen molar-refractivity contribution in [2.24, 2.45) is 0 Å². The van der Waals surface area contributed by atoms with Crippen molar-refractivity contribution < 1.29 is 4.79 Å². The maximum Gasteiger partial charge on any atom is 0.224 e. The van der Waals surface area contributed by atoms with Crippen molar-refractivity contribution in [2.75, 3.05) is 18.9 Å². The molecule has 2 heterocycles. The fourth-order valence-electron chi connectivity index (χ4n) is 2.84. The molecule has 0 radical (unpaired) electrons. The minimum absolute atomic E-state index is 0.0569. The van der Waals surface area contributed by atoms with Crippen LogP contribution in [0.15, 0.2) is 24.3 Å². The maximum absolute atomic E-state index is 12.4. The number of aromatic amines is 1. The Bertz CT molecular complexity index is 616. The predicted octanol–water partition coefficient (Wildman–Crippen LogP) is 1.19. The number of nitrogens with zero attached hydrogens (tertiary/aromatic N) is 4. The molecular weight excluding hydrogens is 280 g/mol. The number of likely N-dealkylation sites (N-methyl/N-ethyl adjacent to an activating group) is 1. The van der Waals surface area contributed by atoms with Gasteiger partial charge in [0.25, 0.3) is 0 Å². The molecule has 0 spiro atoms. The maximum atomic E-state index is 12.4. The second-order valence-electron chi connectivity index (χ2n) is 5.85. The Morgan fingerprint density at radius 3 is 3.00 bits per heavy atom. The minimum Gasteiger partial charge on any atom is -0.381 e. The number of fused-ring (bicyclic) bond motifs is 1. The number of H-pyrrole nitrogens is 1. The van der Waals surface area contributed by atoms with Crippen LogP contribution in [0.5, 0.6) is 0 Å². The molecule has 1 amide bonds. The fourth-order valence-corrected chi connectivity index (χ4v) is 2.84. The van der Waals surface area contributed by atoms with E-state index in [1.807, 2.05) is 26.1 Å². The highest BCUT2D eigenvalue weighted by molar-refractivity contribution is 5.77. The van der Waals surface area contributed by atoms with Crippen LogP contribution in [-0.4, -0.2) is 51.1 Å². The van der Waals surface area contributed by atoms with Crippen molar-refractivity contribution in [2.45, 2.75) is 31.7 Å². The van der Waals surface area contributed by atoms with E-state index in [0.717, 1.165) is 12.1 Å². The standard InChI is InChI=1S/C15H20N6O/c1-10(15-17-19-20-18-15)9-21(2)14(22)8-12-7-11-5-3-4-6-13(11)16-12/h3-6,10,12,16H,7-9H2,1-2H3,(H,17,18,19,20)/t10?,12-/m1/s1. The molecule has 1 unspecified atom stereocenters. The van der Waals surface area contributed by atoms with Crippen molar-refractivity contribution >= 4 is 11.6 Å². The highest BCUT2D eigenvalue weighted by atomic mass is 16.2. The summed E-state index contributed by atoms with van der Waals surface area (Å²) in [5.74, 6) is 0.813. The molecule has 2 atom stereocenters. The van der Waals surface area contributed by atoms with Gasteiger partial charge >= 0.3 is 0 Å². The second kappa shape index (κ2) is 6.13. The van der Waals surface area contributed by atoms with Crippen molar-refractivity contribution in [1.82, 2.24) is 25.5 Å². The van der Waals surface area contributed by atoms with E-state index in [2.05, 4.69) is 38.1 Å². The molecule has 0 aliphatic carbocycles. The van der Waals surface area contributed by atoms with Gasteiger partial charge in [-0.3, -0.25) is 4.79 Å². The van der Waals surface area contributed by atoms with Crippen molar-refractivity contribution in [3.05, 3.63) is 35.7 Å². The van der Waals surface area contributed by atoms with Crippen LogP contribution < -0.4 is 5.32 Å². The molecule has 7 heteroatoms. The van der Waals surface area contributed by atoms with Gasteiger partial charge in [-0.05, 0) is 18.1 Å². The molecule has 1 aromatic carbocycles. The van der Waals surface area contributed by atoms with Crippen LogP contribution in [-0.2, 0) is 11.2 Å². The Balaban J connectivity index is 1.52. The number of nitrogens with one attached hydrogen (secondary N) is 2. The molecule has 0 fully saturated rings. The lowest BCUT2D eigenvalue weighted by molar-refractivity contribution is -0.130. The first-order valence-corrected chi connectivity index (χ1v) is 7.45. The normalized spacial score (nSPS) is 17.6. The Labute approximate surface area is 129 Å². The van der Waals surface area contributed by atoms with Gasteiger partial charge in [-0.1, -0.05) is 30.3 Å². The molecule has 2 aromatic rings. The van der Waals surface area contributed by atoms with Gasteiger partial charge in [0, 0.05) is 37.7 Å². The van der Waals surface area contributed by atoms with E-state index in [1.165, 1.54) is 5.56 Å². The third-order valence-electron chi connectivity index (χ3n) is 4.04. The Hall–Kier alpha value is -2.44. The van der Waals surface area contributed by atoms with Crippen LogP contribution >= 0.6 is 0 Å². The molecule has 1 aromatic heterocycles. The summed E-state index contributed by atoms with van der Waals surface area (Å²) in [6, 6.07) is 8.38. The number of carbonyl (C=O) groups is 1. The summed E-state index contributed by atoms with van der Waals surface area (Å²) in [5.41, 5.74) is 2.42. The van der Waals surface area contributed by atoms with Gasteiger partial charge in [-0.15, -0.1) is 10.2 Å². The third-order valence-corrected chi connectivity index (χ3v) is 4.04. The summed E-state index contributed by atoms with van der Waals surface area (Å²) >= 11 is 0. The van der Waals surface area contributed by atoms with E-state index < -0.39 is 0 Å². The zero-order valence-electron chi connectivity index (χ0n) is 12.8. The Morgan fingerprint density at radius 2 is 2.27 bits per heavy atom. The Kier molecular flexibility index (Phi) is 4.04. The van der Waals surface area contributed by atoms with E-state index >= 15 is 0 Å².